The van der Waals surface area contributed by atoms with Gasteiger partial charge in [-0.2, -0.15) is 11.8 Å². The first kappa shape index (κ1) is 14.0. The molecule has 21 heavy (non-hydrogen) atoms. The fraction of sp³-hybridized carbons (Fsp3) is 0.333. The predicted octanol–water partition coefficient (Wildman–Crippen LogP) is 2.27. The minimum Gasteiger partial charge on any atom is -0.409 e. The van der Waals surface area contributed by atoms with Crippen molar-refractivity contribution >= 4 is 34.2 Å². The van der Waals surface area contributed by atoms with Gasteiger partial charge in [-0.05, 0) is 13.0 Å². The second-order valence-electron chi connectivity index (χ2n) is 5.14. The van der Waals surface area contributed by atoms with Crippen molar-refractivity contribution in [3.63, 3.8) is 0 Å². The van der Waals surface area contributed by atoms with Crippen molar-refractivity contribution in [3.05, 3.63) is 36.0 Å². The van der Waals surface area contributed by atoms with E-state index in [4.69, 9.17) is 10.9 Å². The second kappa shape index (κ2) is 5.81. The first-order valence-corrected chi connectivity index (χ1v) is 8.08. The van der Waals surface area contributed by atoms with Crippen LogP contribution in [0.3, 0.4) is 0 Å². The third-order valence-electron chi connectivity index (χ3n) is 3.79. The van der Waals surface area contributed by atoms with E-state index >= 15 is 0 Å². The topological polar surface area (TPSA) is 74.7 Å². The van der Waals surface area contributed by atoms with Crippen LogP contribution in [0.4, 0.5) is 5.69 Å². The van der Waals surface area contributed by atoms with Gasteiger partial charge in [0.1, 0.15) is 0 Å². The van der Waals surface area contributed by atoms with E-state index in [-0.39, 0.29) is 5.84 Å². The van der Waals surface area contributed by atoms with Crippen molar-refractivity contribution in [2.75, 3.05) is 23.0 Å². The van der Waals surface area contributed by atoms with Crippen LogP contribution in [-0.2, 0) is 0 Å². The number of rotatable bonds is 2. The van der Waals surface area contributed by atoms with Crippen LogP contribution >= 0.6 is 11.8 Å². The van der Waals surface area contributed by atoms with E-state index in [1.165, 1.54) is 0 Å². The highest BCUT2D eigenvalue weighted by Crippen LogP contribution is 2.33. The smallest absolute Gasteiger partial charge is 0.173 e. The molecule has 0 bridgehead atoms. The van der Waals surface area contributed by atoms with Gasteiger partial charge in [-0.3, -0.25) is 4.98 Å². The molecule has 3 rings (SSSR count). The van der Waals surface area contributed by atoms with Gasteiger partial charge in [0.05, 0.1) is 16.8 Å². The first-order valence-electron chi connectivity index (χ1n) is 6.92. The number of hydrogen-bond acceptors (Lipinski definition) is 5. The molecule has 0 spiro atoms. The lowest BCUT2D eigenvalue weighted by Crippen LogP contribution is -2.41. The van der Waals surface area contributed by atoms with E-state index in [1.807, 2.05) is 36.0 Å². The molecule has 3 N–H and O–H groups in total. The van der Waals surface area contributed by atoms with Crippen LogP contribution in [0.15, 0.2) is 35.6 Å². The molecule has 1 unspecified atom stereocenters. The summed E-state index contributed by atoms with van der Waals surface area (Å²) in [4.78, 5) is 6.77. The van der Waals surface area contributed by atoms with Crippen LogP contribution in [0.25, 0.3) is 10.9 Å². The van der Waals surface area contributed by atoms with E-state index in [0.29, 0.717) is 11.6 Å². The Bertz CT molecular complexity index is 688. The summed E-state index contributed by atoms with van der Waals surface area (Å²) < 4.78 is 0. The van der Waals surface area contributed by atoms with Crippen molar-refractivity contribution in [2.45, 2.75) is 13.0 Å². The summed E-state index contributed by atoms with van der Waals surface area (Å²) in [6.45, 7) is 3.16. The molecule has 1 aliphatic heterocycles. The standard InChI is InChI=1S/C15H18N4OS/c1-10-9-21-7-6-19(10)14-11-4-2-3-5-13(11)17-8-12(14)15(16)18-20/h2-5,8,10,20H,6-7,9H2,1H3,(H2,16,18). The Labute approximate surface area is 127 Å². The van der Waals surface area contributed by atoms with Crippen molar-refractivity contribution in [1.29, 1.82) is 0 Å². The molecule has 6 heteroatoms. The molecule has 1 fully saturated rings. The van der Waals surface area contributed by atoms with Gasteiger partial charge >= 0.3 is 0 Å². The fourth-order valence-corrected chi connectivity index (χ4v) is 3.75. The number of para-hydroxylation sites is 1. The lowest BCUT2D eigenvalue weighted by atomic mass is 10.1. The number of nitrogens with two attached hydrogens (primary N) is 1. The maximum Gasteiger partial charge on any atom is 0.173 e. The number of amidine groups is 1. The fourth-order valence-electron chi connectivity index (χ4n) is 2.74. The third-order valence-corrected chi connectivity index (χ3v) is 4.97. The number of oxime groups is 1. The Morgan fingerprint density at radius 2 is 2.29 bits per heavy atom. The molecule has 2 aromatic rings. The van der Waals surface area contributed by atoms with Gasteiger partial charge in [0.2, 0.25) is 0 Å². The average Bonchev–Trinajstić information content (AvgIpc) is 2.54. The molecule has 0 aliphatic carbocycles. The summed E-state index contributed by atoms with van der Waals surface area (Å²) in [6.07, 6.45) is 1.70. The molecule has 1 aliphatic rings. The number of pyridine rings is 1. The number of aromatic nitrogens is 1. The second-order valence-corrected chi connectivity index (χ2v) is 6.29. The number of benzene rings is 1. The molecule has 1 aromatic heterocycles. The van der Waals surface area contributed by atoms with E-state index < -0.39 is 0 Å². The van der Waals surface area contributed by atoms with Crippen LogP contribution in [0.2, 0.25) is 0 Å². The van der Waals surface area contributed by atoms with Crippen LogP contribution in [0, 0.1) is 0 Å². The molecule has 0 radical (unpaired) electrons. The number of fused-ring (bicyclic) bond motifs is 1. The molecule has 1 saturated heterocycles. The molecule has 0 saturated carbocycles. The number of thioether (sulfide) groups is 1. The molecule has 1 aromatic carbocycles. The first-order chi connectivity index (χ1) is 10.2. The van der Waals surface area contributed by atoms with Crippen molar-refractivity contribution in [3.8, 4) is 0 Å². The summed E-state index contributed by atoms with van der Waals surface area (Å²) in [7, 11) is 0. The van der Waals surface area contributed by atoms with Gasteiger partial charge < -0.3 is 15.8 Å². The van der Waals surface area contributed by atoms with Gasteiger partial charge in [0.15, 0.2) is 5.84 Å². The van der Waals surface area contributed by atoms with E-state index in [0.717, 1.165) is 34.6 Å². The SMILES string of the molecule is CC1CSCCN1c1c(C(N)=NO)cnc2ccccc12. The molecule has 0 amide bonds. The number of anilines is 1. The zero-order valence-corrected chi connectivity index (χ0v) is 12.7. The van der Waals surface area contributed by atoms with Gasteiger partial charge in [-0.15, -0.1) is 0 Å². The molecular formula is C15H18N4OS. The maximum atomic E-state index is 9.06. The maximum absolute atomic E-state index is 9.06. The molecule has 110 valence electrons. The monoisotopic (exact) mass is 302 g/mol. The Balaban J connectivity index is 2.25. The van der Waals surface area contributed by atoms with Crippen LogP contribution < -0.4 is 10.6 Å². The highest BCUT2D eigenvalue weighted by atomic mass is 32.2. The quantitative estimate of drug-likeness (QED) is 0.385. The van der Waals surface area contributed by atoms with Crippen molar-refractivity contribution in [1.82, 2.24) is 4.98 Å². The summed E-state index contributed by atoms with van der Waals surface area (Å²) in [6, 6.07) is 8.39. The van der Waals surface area contributed by atoms with E-state index in [2.05, 4.69) is 22.0 Å². The van der Waals surface area contributed by atoms with Crippen molar-refractivity contribution in [2.24, 2.45) is 10.9 Å². The summed E-state index contributed by atoms with van der Waals surface area (Å²) >= 11 is 1.96. The largest absolute Gasteiger partial charge is 0.409 e. The van der Waals surface area contributed by atoms with Crippen LogP contribution in [0.5, 0.6) is 0 Å². The number of hydrogen-bond donors (Lipinski definition) is 2. The lowest BCUT2D eigenvalue weighted by molar-refractivity contribution is 0.318. The average molecular weight is 302 g/mol. The molecular weight excluding hydrogens is 284 g/mol. The van der Waals surface area contributed by atoms with Gasteiger partial charge in [0, 0.05) is 35.7 Å². The Kier molecular flexibility index (Phi) is 3.88. The van der Waals surface area contributed by atoms with Gasteiger partial charge in [-0.1, -0.05) is 23.4 Å². The zero-order chi connectivity index (χ0) is 14.8. The molecule has 1 atom stereocenters. The predicted molar refractivity (Wildman–Crippen MR) is 88.4 cm³/mol. The molecule has 2 heterocycles. The van der Waals surface area contributed by atoms with Crippen LogP contribution in [-0.4, -0.2) is 40.1 Å². The Hall–Kier alpha value is -1.95. The Morgan fingerprint density at radius 1 is 1.48 bits per heavy atom. The zero-order valence-electron chi connectivity index (χ0n) is 11.9. The highest BCUT2D eigenvalue weighted by Gasteiger charge is 2.24. The third kappa shape index (κ3) is 2.51. The minimum absolute atomic E-state index is 0.105. The number of nitrogens with zero attached hydrogens (tertiary/aromatic N) is 3. The summed E-state index contributed by atoms with van der Waals surface area (Å²) in [5.74, 6) is 2.26. The molecule has 5 nitrogen and oxygen atoms in total. The highest BCUT2D eigenvalue weighted by molar-refractivity contribution is 7.99. The van der Waals surface area contributed by atoms with Gasteiger partial charge in [0.25, 0.3) is 0 Å². The van der Waals surface area contributed by atoms with Crippen LogP contribution in [0.1, 0.15) is 12.5 Å². The normalized spacial score (nSPS) is 20.0. The van der Waals surface area contributed by atoms with Gasteiger partial charge in [-0.25, -0.2) is 0 Å². The summed E-state index contributed by atoms with van der Waals surface area (Å²) in [5, 5.41) is 13.3. The Morgan fingerprint density at radius 3 is 3.05 bits per heavy atom. The van der Waals surface area contributed by atoms with Crippen molar-refractivity contribution < 1.29 is 5.21 Å². The minimum atomic E-state index is 0.105. The summed E-state index contributed by atoms with van der Waals surface area (Å²) in [5.41, 5.74) is 8.50. The van der Waals surface area contributed by atoms with E-state index in [1.54, 1.807) is 6.20 Å². The lowest BCUT2D eigenvalue weighted by Gasteiger charge is -2.36. The van der Waals surface area contributed by atoms with E-state index in [9.17, 15) is 0 Å².